The van der Waals surface area contributed by atoms with E-state index < -0.39 is 0 Å². The number of hydrogen-bond donors (Lipinski definition) is 1. The van der Waals surface area contributed by atoms with Gasteiger partial charge in [-0.1, -0.05) is 25.1 Å². The molecule has 1 saturated heterocycles. The molecule has 2 N–H and O–H groups in total. The fourth-order valence-electron chi connectivity index (χ4n) is 3.75. The molecule has 20 heavy (non-hydrogen) atoms. The summed E-state index contributed by atoms with van der Waals surface area (Å²) >= 11 is 0. The zero-order valence-electron chi connectivity index (χ0n) is 11.5. The molecule has 2 fully saturated rings. The van der Waals surface area contributed by atoms with Crippen LogP contribution in [0.15, 0.2) is 36.9 Å². The second-order valence-corrected chi connectivity index (χ2v) is 5.55. The first-order valence-corrected chi connectivity index (χ1v) is 6.90. The van der Waals surface area contributed by atoms with Gasteiger partial charge in [-0.05, 0) is 24.1 Å². The molecule has 1 heterocycles. The van der Waals surface area contributed by atoms with Crippen LogP contribution in [0.2, 0.25) is 0 Å². The van der Waals surface area contributed by atoms with Crippen molar-refractivity contribution in [2.45, 2.75) is 18.8 Å². The molecule has 1 aromatic rings. The Labute approximate surface area is 118 Å². The molecule has 2 amide bonds. The number of amides is 2. The molecule has 4 nitrogen and oxygen atoms in total. The highest BCUT2D eigenvalue weighted by Gasteiger charge is 2.76. The van der Waals surface area contributed by atoms with Crippen LogP contribution in [0, 0.1) is 11.8 Å². The lowest BCUT2D eigenvalue weighted by atomic mass is 9.87. The number of benzene rings is 1. The molecule has 1 saturated carbocycles. The number of fused-ring (bicyclic) bond motifs is 1. The maximum absolute atomic E-state index is 12.4. The molecule has 4 heteroatoms. The van der Waals surface area contributed by atoms with Crippen molar-refractivity contribution in [1.29, 1.82) is 0 Å². The highest BCUT2D eigenvalue weighted by molar-refractivity contribution is 6.12. The third-order valence-electron chi connectivity index (χ3n) is 4.72. The number of carbonyl (C=O) groups excluding carboxylic acids is 2. The van der Waals surface area contributed by atoms with Gasteiger partial charge in [0, 0.05) is 17.6 Å². The molecule has 0 unspecified atom stereocenters. The van der Waals surface area contributed by atoms with E-state index in [9.17, 15) is 9.59 Å². The van der Waals surface area contributed by atoms with Crippen LogP contribution in [-0.4, -0.2) is 23.3 Å². The lowest BCUT2D eigenvalue weighted by Gasteiger charge is -2.24. The van der Waals surface area contributed by atoms with E-state index in [1.807, 2.05) is 31.2 Å². The Hall–Kier alpha value is -2.10. The van der Waals surface area contributed by atoms with Gasteiger partial charge >= 0.3 is 0 Å². The fraction of sp³-hybridized carbons (Fsp3) is 0.375. The summed E-state index contributed by atoms with van der Waals surface area (Å²) in [5, 5.41) is 0. The van der Waals surface area contributed by atoms with Gasteiger partial charge in [0.25, 0.3) is 0 Å². The van der Waals surface area contributed by atoms with Gasteiger partial charge in [-0.2, -0.15) is 0 Å². The summed E-state index contributed by atoms with van der Waals surface area (Å²) in [5.41, 5.74) is 7.17. The SMILES string of the molecule is C=CCN1C(=O)[C@@H]2[C@@H](C1=O)C2(CC)c1cccc(N)c1. The quantitative estimate of drug-likeness (QED) is 0.515. The number of anilines is 1. The number of imide groups is 1. The van der Waals surface area contributed by atoms with Gasteiger partial charge < -0.3 is 5.73 Å². The Bertz CT molecular complexity index is 586. The summed E-state index contributed by atoms with van der Waals surface area (Å²) in [6.45, 7) is 5.93. The molecular formula is C16H18N2O2. The van der Waals surface area contributed by atoms with E-state index in [2.05, 4.69) is 6.58 Å². The number of likely N-dealkylation sites (tertiary alicyclic amines) is 1. The number of nitrogens with zero attached hydrogens (tertiary/aromatic N) is 1. The molecule has 0 radical (unpaired) electrons. The zero-order chi connectivity index (χ0) is 14.5. The number of hydrogen-bond acceptors (Lipinski definition) is 3. The first kappa shape index (κ1) is 12.9. The van der Waals surface area contributed by atoms with Crippen LogP contribution in [0.1, 0.15) is 18.9 Å². The van der Waals surface area contributed by atoms with Gasteiger partial charge in [0.2, 0.25) is 11.8 Å². The third-order valence-corrected chi connectivity index (χ3v) is 4.72. The molecule has 2 atom stereocenters. The summed E-state index contributed by atoms with van der Waals surface area (Å²) < 4.78 is 0. The Morgan fingerprint density at radius 1 is 1.35 bits per heavy atom. The summed E-state index contributed by atoms with van der Waals surface area (Å²) in [6, 6.07) is 7.56. The summed E-state index contributed by atoms with van der Waals surface area (Å²) in [6.07, 6.45) is 2.36. The van der Waals surface area contributed by atoms with Crippen molar-refractivity contribution >= 4 is 17.5 Å². The predicted molar refractivity (Wildman–Crippen MR) is 76.7 cm³/mol. The first-order chi connectivity index (χ1) is 9.57. The second kappa shape index (κ2) is 4.20. The van der Waals surface area contributed by atoms with Crippen LogP contribution < -0.4 is 5.73 Å². The number of rotatable bonds is 4. The van der Waals surface area contributed by atoms with Gasteiger partial charge in [-0.25, -0.2) is 0 Å². The van der Waals surface area contributed by atoms with Gasteiger partial charge in [-0.3, -0.25) is 14.5 Å². The molecule has 1 aliphatic heterocycles. The van der Waals surface area contributed by atoms with Gasteiger partial charge in [0.15, 0.2) is 0 Å². The highest BCUT2D eigenvalue weighted by Crippen LogP contribution is 2.66. The minimum absolute atomic E-state index is 0.0656. The van der Waals surface area contributed by atoms with Gasteiger partial charge in [0.1, 0.15) is 0 Å². The van der Waals surface area contributed by atoms with E-state index in [-0.39, 0.29) is 29.1 Å². The van der Waals surface area contributed by atoms with E-state index in [1.165, 1.54) is 4.90 Å². The van der Waals surface area contributed by atoms with Gasteiger partial charge in [-0.15, -0.1) is 6.58 Å². The lowest BCUT2D eigenvalue weighted by Crippen LogP contribution is -2.38. The van der Waals surface area contributed by atoms with E-state index in [4.69, 9.17) is 5.73 Å². The van der Waals surface area contributed by atoms with Gasteiger partial charge in [0.05, 0.1) is 11.8 Å². The minimum atomic E-state index is -0.346. The Morgan fingerprint density at radius 3 is 2.50 bits per heavy atom. The molecular weight excluding hydrogens is 252 g/mol. The predicted octanol–water partition coefficient (Wildman–Crippen LogP) is 1.72. The van der Waals surface area contributed by atoms with E-state index in [1.54, 1.807) is 6.08 Å². The summed E-state index contributed by atoms with van der Waals surface area (Å²) in [4.78, 5) is 26.1. The van der Waals surface area contributed by atoms with E-state index >= 15 is 0 Å². The van der Waals surface area contributed by atoms with Crippen molar-refractivity contribution in [3.8, 4) is 0 Å². The average molecular weight is 270 g/mol. The molecule has 0 bridgehead atoms. The van der Waals surface area contributed by atoms with E-state index in [0.29, 0.717) is 12.2 Å². The van der Waals surface area contributed by atoms with Crippen LogP contribution in [0.5, 0.6) is 0 Å². The Morgan fingerprint density at radius 2 is 2.00 bits per heavy atom. The van der Waals surface area contributed by atoms with Crippen molar-refractivity contribution in [1.82, 2.24) is 4.90 Å². The molecule has 1 aliphatic carbocycles. The average Bonchev–Trinajstić information content (AvgIpc) is 3.06. The lowest BCUT2D eigenvalue weighted by molar-refractivity contribution is -0.141. The maximum Gasteiger partial charge on any atom is 0.234 e. The molecule has 0 aromatic heterocycles. The van der Waals surface area contributed by atoms with Crippen molar-refractivity contribution in [3.63, 3.8) is 0 Å². The third kappa shape index (κ3) is 1.42. The van der Waals surface area contributed by atoms with E-state index in [0.717, 1.165) is 12.0 Å². The van der Waals surface area contributed by atoms with Crippen LogP contribution in [0.4, 0.5) is 5.69 Å². The van der Waals surface area contributed by atoms with Crippen molar-refractivity contribution < 1.29 is 9.59 Å². The first-order valence-electron chi connectivity index (χ1n) is 6.90. The Kier molecular flexibility index (Phi) is 2.71. The smallest absolute Gasteiger partial charge is 0.234 e. The van der Waals surface area contributed by atoms with Crippen molar-refractivity contribution in [2.75, 3.05) is 12.3 Å². The topological polar surface area (TPSA) is 63.4 Å². The monoisotopic (exact) mass is 270 g/mol. The van der Waals surface area contributed by atoms with Crippen molar-refractivity contribution in [2.24, 2.45) is 11.8 Å². The largest absolute Gasteiger partial charge is 0.399 e. The fourth-order valence-corrected chi connectivity index (χ4v) is 3.75. The van der Waals surface area contributed by atoms with Crippen LogP contribution >= 0.6 is 0 Å². The van der Waals surface area contributed by atoms with Crippen LogP contribution in [0.25, 0.3) is 0 Å². The van der Waals surface area contributed by atoms with Crippen LogP contribution in [-0.2, 0) is 15.0 Å². The number of nitrogen functional groups attached to an aromatic ring is 1. The molecule has 0 spiro atoms. The zero-order valence-corrected chi connectivity index (χ0v) is 11.5. The molecule has 104 valence electrons. The number of carbonyl (C=O) groups is 2. The minimum Gasteiger partial charge on any atom is -0.399 e. The summed E-state index contributed by atoms with van der Waals surface area (Å²) in [5.74, 6) is -0.572. The number of piperidine rings is 1. The Balaban J connectivity index is 1.99. The normalized spacial score (nSPS) is 31.4. The molecule has 1 aromatic carbocycles. The number of nitrogens with two attached hydrogens (primary N) is 1. The summed E-state index contributed by atoms with van der Waals surface area (Å²) in [7, 11) is 0. The van der Waals surface area contributed by atoms with Crippen LogP contribution in [0.3, 0.4) is 0 Å². The highest BCUT2D eigenvalue weighted by atomic mass is 16.2. The standard InChI is InChI=1S/C16H18N2O2/c1-3-8-18-14(19)12-13(15(18)20)16(12,4-2)10-6-5-7-11(17)9-10/h3,5-7,9,12-13H,1,4,8,17H2,2H3/t12-,13-/m0/s1. The second-order valence-electron chi connectivity index (χ2n) is 5.55. The maximum atomic E-state index is 12.4. The molecule has 2 aliphatic rings. The van der Waals surface area contributed by atoms with Crippen molar-refractivity contribution in [3.05, 3.63) is 42.5 Å². The molecule has 3 rings (SSSR count).